The summed E-state index contributed by atoms with van der Waals surface area (Å²) in [6.07, 6.45) is 7.10. The van der Waals surface area contributed by atoms with E-state index in [1.54, 1.807) is 30.6 Å². The number of nitrogens with zero attached hydrogens (tertiary/aromatic N) is 2. The summed E-state index contributed by atoms with van der Waals surface area (Å²) < 4.78 is 14.7. The number of carbonyl (C=O) groups excluding carboxylic acids is 1. The Morgan fingerprint density at radius 1 is 1.23 bits per heavy atom. The summed E-state index contributed by atoms with van der Waals surface area (Å²) in [6, 6.07) is 12.3. The van der Waals surface area contributed by atoms with Crippen LogP contribution in [0.4, 0.5) is 0 Å². The zero-order valence-electron chi connectivity index (χ0n) is 18.9. The summed E-state index contributed by atoms with van der Waals surface area (Å²) in [6.45, 7) is 3.83. The van der Waals surface area contributed by atoms with Gasteiger partial charge in [-0.15, -0.1) is 6.42 Å². The van der Waals surface area contributed by atoms with Crippen LogP contribution >= 0.6 is 43.2 Å². The highest BCUT2D eigenvalue weighted by atomic mass is 79.9. The second-order valence-corrected chi connectivity index (χ2v) is 10.4. The molecule has 0 saturated carbocycles. The van der Waals surface area contributed by atoms with E-state index in [1.165, 1.54) is 11.3 Å². The molecular formula is C26H20Br2N2O4S. The highest BCUT2D eigenvalue weighted by Gasteiger charge is 2.33. The zero-order valence-corrected chi connectivity index (χ0v) is 22.9. The van der Waals surface area contributed by atoms with E-state index in [-0.39, 0.29) is 18.8 Å². The van der Waals surface area contributed by atoms with Crippen LogP contribution in [0.1, 0.15) is 31.0 Å². The van der Waals surface area contributed by atoms with Gasteiger partial charge in [-0.05, 0) is 55.8 Å². The molecule has 0 bridgehead atoms. The third-order valence-electron chi connectivity index (χ3n) is 5.27. The fraction of sp³-hybridized carbons (Fsp3) is 0.192. The summed E-state index contributed by atoms with van der Waals surface area (Å²) in [5.74, 6) is 2.52. The van der Waals surface area contributed by atoms with Gasteiger partial charge in [0, 0.05) is 14.5 Å². The third-order valence-corrected chi connectivity index (χ3v) is 7.28. The summed E-state index contributed by atoms with van der Waals surface area (Å²) >= 11 is 8.17. The van der Waals surface area contributed by atoms with Crippen molar-refractivity contribution in [3.05, 3.63) is 93.5 Å². The monoisotopic (exact) mass is 614 g/mol. The van der Waals surface area contributed by atoms with Crippen LogP contribution in [0.5, 0.6) is 5.75 Å². The van der Waals surface area contributed by atoms with Crippen molar-refractivity contribution in [1.29, 1.82) is 0 Å². The smallest absolute Gasteiger partial charge is 0.338 e. The molecule has 6 nitrogen and oxygen atoms in total. The van der Waals surface area contributed by atoms with Gasteiger partial charge >= 0.3 is 5.97 Å². The molecule has 0 saturated heterocycles. The molecule has 0 fully saturated rings. The highest BCUT2D eigenvalue weighted by Crippen LogP contribution is 2.31. The fourth-order valence-corrected chi connectivity index (χ4v) is 5.46. The van der Waals surface area contributed by atoms with Crippen LogP contribution in [0.15, 0.2) is 72.5 Å². The molecule has 1 aliphatic heterocycles. The van der Waals surface area contributed by atoms with Gasteiger partial charge in [-0.25, -0.2) is 9.79 Å². The van der Waals surface area contributed by atoms with Crippen LogP contribution < -0.4 is 19.6 Å². The molecule has 0 N–H and O–H groups in total. The number of hydrogen-bond acceptors (Lipinski definition) is 6. The van der Waals surface area contributed by atoms with Gasteiger partial charge in [0.15, 0.2) is 4.80 Å². The standard InChI is InChI=1S/C26H20Br2N2O4S/c1-4-12-34-20-11-10-19(28)13-17(20)14-21-24(31)30-23(16-6-8-18(27)9-7-16)22(25(32)33-5-2)15(3)29-26(30)35-21/h1,6-11,13-14,23H,5,12H2,2-3H3/b21-14-/t23-/m1/s1. The first-order valence-corrected chi connectivity index (χ1v) is 13.0. The van der Waals surface area contributed by atoms with E-state index in [2.05, 4.69) is 42.8 Å². The number of terminal acetylenes is 1. The number of halogens is 2. The van der Waals surface area contributed by atoms with E-state index in [1.807, 2.05) is 36.4 Å². The highest BCUT2D eigenvalue weighted by molar-refractivity contribution is 9.10. The second kappa shape index (κ2) is 10.8. The number of fused-ring (bicyclic) bond motifs is 1. The molecule has 0 aliphatic carbocycles. The number of hydrogen-bond donors (Lipinski definition) is 0. The lowest BCUT2D eigenvalue weighted by atomic mass is 9.96. The first-order chi connectivity index (χ1) is 16.8. The molecule has 1 atom stereocenters. The number of thiazole rings is 1. The van der Waals surface area contributed by atoms with E-state index >= 15 is 0 Å². The molecule has 2 aromatic carbocycles. The SMILES string of the molecule is C#CCOc1ccc(Br)cc1/C=c1\sc2n(c1=O)[C@H](c1ccc(Br)cc1)C(C(=O)OCC)=C(C)N=2. The largest absolute Gasteiger partial charge is 0.480 e. The average molecular weight is 616 g/mol. The predicted octanol–water partition coefficient (Wildman–Crippen LogP) is 4.34. The molecule has 178 valence electrons. The summed E-state index contributed by atoms with van der Waals surface area (Å²) in [4.78, 5) is 31.8. The van der Waals surface area contributed by atoms with Gasteiger partial charge in [0.2, 0.25) is 0 Å². The van der Waals surface area contributed by atoms with Crippen molar-refractivity contribution < 1.29 is 14.3 Å². The molecule has 1 aromatic heterocycles. The lowest BCUT2D eigenvalue weighted by Crippen LogP contribution is -2.39. The van der Waals surface area contributed by atoms with Crippen molar-refractivity contribution in [2.75, 3.05) is 13.2 Å². The minimum absolute atomic E-state index is 0.107. The lowest BCUT2D eigenvalue weighted by Gasteiger charge is -2.24. The van der Waals surface area contributed by atoms with E-state index in [9.17, 15) is 9.59 Å². The number of ether oxygens (including phenoxy) is 2. The number of esters is 1. The summed E-state index contributed by atoms with van der Waals surface area (Å²) in [5, 5.41) is 0. The average Bonchev–Trinajstić information content (AvgIpc) is 3.12. The van der Waals surface area contributed by atoms with Crippen molar-refractivity contribution in [1.82, 2.24) is 4.57 Å². The molecule has 4 rings (SSSR count). The predicted molar refractivity (Wildman–Crippen MR) is 143 cm³/mol. The number of benzene rings is 2. The van der Waals surface area contributed by atoms with Crippen molar-refractivity contribution >= 4 is 55.2 Å². The van der Waals surface area contributed by atoms with Gasteiger partial charge in [0.05, 0.1) is 28.5 Å². The van der Waals surface area contributed by atoms with Crippen LogP contribution in [0.2, 0.25) is 0 Å². The molecular weight excluding hydrogens is 596 g/mol. The molecule has 9 heteroatoms. The molecule has 3 aromatic rings. The Labute approximate surface area is 222 Å². The Morgan fingerprint density at radius 2 is 1.94 bits per heavy atom. The maximum atomic E-state index is 13.7. The van der Waals surface area contributed by atoms with Crippen LogP contribution in [0.3, 0.4) is 0 Å². The Bertz CT molecular complexity index is 1550. The quantitative estimate of drug-likeness (QED) is 0.306. The van der Waals surface area contributed by atoms with Gasteiger partial charge in [0.25, 0.3) is 5.56 Å². The van der Waals surface area contributed by atoms with Crippen molar-refractivity contribution in [2.24, 2.45) is 4.99 Å². The third kappa shape index (κ3) is 5.20. The molecule has 0 radical (unpaired) electrons. The van der Waals surface area contributed by atoms with E-state index in [4.69, 9.17) is 15.9 Å². The molecule has 0 amide bonds. The first-order valence-electron chi connectivity index (χ1n) is 10.6. The van der Waals surface area contributed by atoms with Crippen molar-refractivity contribution in [2.45, 2.75) is 19.9 Å². The number of carbonyl (C=O) groups is 1. The molecule has 2 heterocycles. The lowest BCUT2D eigenvalue weighted by molar-refractivity contribution is -0.139. The van der Waals surface area contributed by atoms with Crippen LogP contribution in [-0.4, -0.2) is 23.8 Å². The Hall–Kier alpha value is -2.93. The van der Waals surface area contributed by atoms with E-state index in [0.29, 0.717) is 31.9 Å². The maximum absolute atomic E-state index is 13.7. The Kier molecular flexibility index (Phi) is 7.75. The van der Waals surface area contributed by atoms with Crippen molar-refractivity contribution in [3.8, 4) is 18.1 Å². The number of allylic oxidation sites excluding steroid dienone is 1. The second-order valence-electron chi connectivity index (χ2n) is 7.53. The van der Waals surface area contributed by atoms with Gasteiger partial charge in [0.1, 0.15) is 12.4 Å². The Balaban J connectivity index is 1.94. The minimum atomic E-state index is -0.666. The first kappa shape index (κ1) is 25.2. The molecule has 0 spiro atoms. The number of rotatable bonds is 6. The summed E-state index contributed by atoms with van der Waals surface area (Å²) in [7, 11) is 0. The van der Waals surface area contributed by atoms with E-state index in [0.717, 1.165) is 14.5 Å². The summed E-state index contributed by atoms with van der Waals surface area (Å²) in [5.41, 5.74) is 2.07. The van der Waals surface area contributed by atoms with E-state index < -0.39 is 12.0 Å². The van der Waals surface area contributed by atoms with Gasteiger partial charge in [-0.3, -0.25) is 9.36 Å². The van der Waals surface area contributed by atoms with Crippen LogP contribution in [0, 0.1) is 12.3 Å². The van der Waals surface area contributed by atoms with Gasteiger partial charge < -0.3 is 9.47 Å². The normalized spacial score (nSPS) is 15.3. The Morgan fingerprint density at radius 3 is 2.63 bits per heavy atom. The van der Waals surface area contributed by atoms with Gasteiger partial charge in [-0.1, -0.05) is 61.2 Å². The van der Waals surface area contributed by atoms with Crippen LogP contribution in [-0.2, 0) is 9.53 Å². The number of aromatic nitrogens is 1. The van der Waals surface area contributed by atoms with Gasteiger partial charge in [-0.2, -0.15) is 0 Å². The topological polar surface area (TPSA) is 69.9 Å². The fourth-order valence-electron chi connectivity index (χ4n) is 3.78. The molecule has 35 heavy (non-hydrogen) atoms. The zero-order chi connectivity index (χ0) is 25.1. The molecule has 1 aliphatic rings. The minimum Gasteiger partial charge on any atom is -0.480 e. The van der Waals surface area contributed by atoms with Crippen molar-refractivity contribution in [3.63, 3.8) is 0 Å². The van der Waals surface area contributed by atoms with Crippen LogP contribution in [0.25, 0.3) is 6.08 Å². The molecule has 0 unspecified atom stereocenters. The maximum Gasteiger partial charge on any atom is 0.338 e.